The Balaban J connectivity index is 1.54. The van der Waals surface area contributed by atoms with Gasteiger partial charge in [-0.05, 0) is 72.9 Å². The van der Waals surface area contributed by atoms with Crippen LogP contribution in [0.25, 0.3) is 15.9 Å². The van der Waals surface area contributed by atoms with E-state index in [0.29, 0.717) is 44.0 Å². The number of carbonyl (C=O) groups is 1. The first-order valence-electron chi connectivity index (χ1n) is 13.5. The van der Waals surface area contributed by atoms with Crippen LogP contribution in [0.15, 0.2) is 52.4 Å². The lowest BCUT2D eigenvalue weighted by Gasteiger charge is -2.36. The van der Waals surface area contributed by atoms with Gasteiger partial charge in [0.1, 0.15) is 16.4 Å². The Bertz CT molecular complexity index is 1640. The van der Waals surface area contributed by atoms with Gasteiger partial charge in [-0.1, -0.05) is 57.2 Å². The van der Waals surface area contributed by atoms with E-state index in [0.717, 1.165) is 31.2 Å². The molecule has 5 rings (SSSR count). The summed E-state index contributed by atoms with van der Waals surface area (Å²) in [5.74, 6) is 0.401. The van der Waals surface area contributed by atoms with E-state index in [4.69, 9.17) is 9.72 Å². The summed E-state index contributed by atoms with van der Waals surface area (Å²) >= 11 is 2.78. The summed E-state index contributed by atoms with van der Waals surface area (Å²) in [5, 5.41) is 3.82. The summed E-state index contributed by atoms with van der Waals surface area (Å²) in [6.07, 6.45) is 3.95. The molecule has 0 spiro atoms. The van der Waals surface area contributed by atoms with Crippen molar-refractivity contribution in [3.05, 3.63) is 74.6 Å². The topological polar surface area (TPSA) is 73.2 Å². The number of benzene rings is 2. The van der Waals surface area contributed by atoms with Crippen LogP contribution < -0.4 is 15.6 Å². The fourth-order valence-electron chi connectivity index (χ4n) is 5.28. The number of anilines is 1. The lowest BCUT2D eigenvalue weighted by atomic mass is 9.70. The first-order valence-corrected chi connectivity index (χ1v) is 15.3. The molecule has 9 heteroatoms. The van der Waals surface area contributed by atoms with Crippen molar-refractivity contribution < 1.29 is 13.9 Å². The molecule has 0 saturated heterocycles. The number of hydrogen-bond acceptors (Lipinski definition) is 6. The largest absolute Gasteiger partial charge is 0.495 e. The van der Waals surface area contributed by atoms with Crippen LogP contribution >= 0.6 is 23.1 Å². The summed E-state index contributed by atoms with van der Waals surface area (Å²) in [6.45, 7) is 8.56. The zero-order valence-corrected chi connectivity index (χ0v) is 25.1. The minimum Gasteiger partial charge on any atom is -0.495 e. The molecule has 1 amide bonds. The van der Waals surface area contributed by atoms with E-state index in [-0.39, 0.29) is 28.5 Å². The van der Waals surface area contributed by atoms with E-state index < -0.39 is 0 Å². The SMILES string of the molecule is CCC(C)(C)[C@H]1CCc2c(sc3nc(SCC(=O)Nc4ccc(C)c(F)c4)n(-c4ccccc4OC)c(=O)c23)C1. The van der Waals surface area contributed by atoms with E-state index in [9.17, 15) is 14.0 Å². The molecular formula is C31H34FN3O3S2. The Morgan fingerprint density at radius 1 is 1.27 bits per heavy atom. The number of thioether (sulfide) groups is 1. The fourth-order valence-corrected chi connectivity index (χ4v) is 7.43. The van der Waals surface area contributed by atoms with Crippen molar-refractivity contribution in [2.75, 3.05) is 18.2 Å². The van der Waals surface area contributed by atoms with Gasteiger partial charge in [0.05, 0.1) is 23.9 Å². The standard InChI is InChI=1S/C31H34FN3O3S2/c1-6-31(3,4)19-12-14-21-25(15-19)40-28-27(21)29(37)35(23-9-7-8-10-24(23)38-5)30(34-28)39-17-26(36)33-20-13-11-18(2)22(32)16-20/h7-11,13,16,19H,6,12,14-15,17H2,1-5H3,(H,33,36)/t19-/m0/s1. The van der Waals surface area contributed by atoms with E-state index in [1.54, 1.807) is 48.1 Å². The highest BCUT2D eigenvalue weighted by Crippen LogP contribution is 2.44. The lowest BCUT2D eigenvalue weighted by Crippen LogP contribution is -2.29. The maximum atomic E-state index is 14.2. The van der Waals surface area contributed by atoms with Crippen molar-refractivity contribution in [1.29, 1.82) is 0 Å². The van der Waals surface area contributed by atoms with Gasteiger partial charge in [-0.2, -0.15) is 0 Å². The Morgan fingerprint density at radius 2 is 2.05 bits per heavy atom. The molecule has 4 aromatic rings. The zero-order chi connectivity index (χ0) is 28.6. The van der Waals surface area contributed by atoms with Gasteiger partial charge in [-0.3, -0.25) is 14.2 Å². The maximum Gasteiger partial charge on any atom is 0.267 e. The molecule has 0 saturated carbocycles. The second-order valence-electron chi connectivity index (χ2n) is 11.0. The number of carbonyl (C=O) groups excluding carboxylic acids is 1. The molecule has 0 aliphatic heterocycles. The number of thiophene rings is 1. The van der Waals surface area contributed by atoms with Crippen molar-refractivity contribution >= 4 is 44.9 Å². The first-order chi connectivity index (χ1) is 19.1. The van der Waals surface area contributed by atoms with Gasteiger partial charge in [0.2, 0.25) is 5.91 Å². The molecule has 0 fully saturated rings. The lowest BCUT2D eigenvalue weighted by molar-refractivity contribution is -0.113. The maximum absolute atomic E-state index is 14.2. The number of para-hydroxylation sites is 2. The molecule has 0 unspecified atom stereocenters. The molecule has 2 aromatic heterocycles. The van der Waals surface area contributed by atoms with Crippen LogP contribution in [0.3, 0.4) is 0 Å². The average molecular weight is 580 g/mol. The average Bonchev–Trinajstić information content (AvgIpc) is 3.32. The normalized spacial score (nSPS) is 15.2. The van der Waals surface area contributed by atoms with Gasteiger partial charge in [0.25, 0.3) is 5.56 Å². The number of fused-ring (bicyclic) bond motifs is 3. The molecule has 2 heterocycles. The number of aromatic nitrogens is 2. The van der Waals surface area contributed by atoms with E-state index in [1.807, 2.05) is 18.2 Å². The predicted octanol–water partition coefficient (Wildman–Crippen LogP) is 7.18. The number of hydrogen-bond donors (Lipinski definition) is 1. The number of aryl methyl sites for hydroxylation is 2. The van der Waals surface area contributed by atoms with Gasteiger partial charge >= 0.3 is 0 Å². The summed E-state index contributed by atoms with van der Waals surface area (Å²) < 4.78 is 21.1. The molecule has 1 aliphatic carbocycles. The Labute approximate surface area is 242 Å². The van der Waals surface area contributed by atoms with Crippen LogP contribution in [0, 0.1) is 24.1 Å². The van der Waals surface area contributed by atoms with Crippen LogP contribution in [-0.2, 0) is 17.6 Å². The molecule has 0 radical (unpaired) electrons. The minimum absolute atomic E-state index is 0.000441. The van der Waals surface area contributed by atoms with Gasteiger partial charge in [-0.25, -0.2) is 9.37 Å². The van der Waals surface area contributed by atoms with Crippen LogP contribution in [-0.4, -0.2) is 28.3 Å². The smallest absolute Gasteiger partial charge is 0.267 e. The van der Waals surface area contributed by atoms with Crippen molar-refractivity contribution in [3.8, 4) is 11.4 Å². The highest BCUT2D eigenvalue weighted by molar-refractivity contribution is 7.99. The van der Waals surface area contributed by atoms with E-state index in [2.05, 4.69) is 26.1 Å². The van der Waals surface area contributed by atoms with Crippen LogP contribution in [0.5, 0.6) is 5.75 Å². The van der Waals surface area contributed by atoms with Gasteiger partial charge in [-0.15, -0.1) is 11.3 Å². The molecule has 1 atom stereocenters. The van der Waals surface area contributed by atoms with Crippen LogP contribution in [0.1, 0.15) is 49.6 Å². The Hall–Kier alpha value is -3.17. The fraction of sp³-hybridized carbons (Fsp3) is 0.387. The minimum atomic E-state index is -0.381. The highest BCUT2D eigenvalue weighted by atomic mass is 32.2. The summed E-state index contributed by atoms with van der Waals surface area (Å²) in [7, 11) is 1.57. The third kappa shape index (κ3) is 5.41. The summed E-state index contributed by atoms with van der Waals surface area (Å²) in [6, 6.07) is 11.9. The van der Waals surface area contributed by atoms with E-state index in [1.165, 1.54) is 22.7 Å². The van der Waals surface area contributed by atoms with Crippen molar-refractivity contribution in [2.24, 2.45) is 11.3 Å². The predicted molar refractivity (Wildman–Crippen MR) is 162 cm³/mol. The molecule has 1 N–H and O–H groups in total. The van der Waals surface area contributed by atoms with Crippen LogP contribution in [0.2, 0.25) is 0 Å². The number of rotatable bonds is 8. The molecule has 6 nitrogen and oxygen atoms in total. The van der Waals surface area contributed by atoms with Crippen molar-refractivity contribution in [2.45, 2.75) is 58.5 Å². The Morgan fingerprint density at radius 3 is 2.77 bits per heavy atom. The second kappa shape index (κ2) is 11.4. The Kier molecular flexibility index (Phi) is 8.06. The van der Waals surface area contributed by atoms with Gasteiger partial charge in [0, 0.05) is 10.6 Å². The summed E-state index contributed by atoms with van der Waals surface area (Å²) in [4.78, 5) is 33.9. The first kappa shape index (κ1) is 28.4. The number of ether oxygens (including phenoxy) is 1. The molecule has 210 valence electrons. The molecule has 1 aliphatic rings. The quantitative estimate of drug-likeness (QED) is 0.177. The second-order valence-corrected chi connectivity index (χ2v) is 13.0. The summed E-state index contributed by atoms with van der Waals surface area (Å²) in [5.41, 5.74) is 2.66. The van der Waals surface area contributed by atoms with Gasteiger partial charge in [0.15, 0.2) is 5.16 Å². The molecule has 2 aromatic carbocycles. The van der Waals surface area contributed by atoms with Crippen LogP contribution in [0.4, 0.5) is 10.1 Å². The van der Waals surface area contributed by atoms with Gasteiger partial charge < -0.3 is 10.1 Å². The number of halogens is 1. The monoisotopic (exact) mass is 579 g/mol. The van der Waals surface area contributed by atoms with Crippen molar-refractivity contribution in [1.82, 2.24) is 9.55 Å². The number of nitrogens with zero attached hydrogens (tertiary/aromatic N) is 2. The third-order valence-electron chi connectivity index (χ3n) is 8.18. The highest BCUT2D eigenvalue weighted by Gasteiger charge is 2.34. The zero-order valence-electron chi connectivity index (χ0n) is 23.5. The molecule has 40 heavy (non-hydrogen) atoms. The van der Waals surface area contributed by atoms with E-state index >= 15 is 0 Å². The molecule has 0 bridgehead atoms. The molecular weight excluding hydrogens is 545 g/mol. The number of amides is 1. The number of nitrogens with one attached hydrogen (secondary N) is 1. The number of methoxy groups -OCH3 is 1. The van der Waals surface area contributed by atoms with Crippen molar-refractivity contribution in [3.63, 3.8) is 0 Å². The third-order valence-corrected chi connectivity index (χ3v) is 10.3.